The molecule has 0 N–H and O–H groups in total. The third-order valence-corrected chi connectivity index (χ3v) is 16.1. The van der Waals surface area contributed by atoms with Crippen LogP contribution < -0.4 is 174 Å². The largest absolute Gasteiger partial charge is 0.312 e. The van der Waals surface area contributed by atoms with Gasteiger partial charge in [-0.05, 0) is 95.0 Å². The van der Waals surface area contributed by atoms with E-state index in [9.17, 15) is 0 Å². The topological polar surface area (TPSA) is 3.24 Å². The van der Waals surface area contributed by atoms with Crippen LogP contribution in [0.5, 0.6) is 0 Å². The van der Waals surface area contributed by atoms with Gasteiger partial charge in [-0.2, -0.15) is 0 Å². The molecular weight excluding hydrogens is 998 g/mol. The average Bonchev–Trinajstić information content (AvgIpc) is 0.936. The summed E-state index contributed by atoms with van der Waals surface area (Å²) in [4.78, 5) is 1.39. The Kier molecular flexibility index (Phi) is 16.8. The lowest BCUT2D eigenvalue weighted by molar-refractivity contribution is 1.33. The van der Waals surface area contributed by atoms with Gasteiger partial charge in [0.2, 0.25) is 0 Å². The van der Waals surface area contributed by atoms with Crippen LogP contribution >= 0.6 is 0 Å². The Balaban J connectivity index is 1.27. The summed E-state index contributed by atoms with van der Waals surface area (Å²) in [5.41, 5.74) is -2.11. The molecule has 0 aliphatic heterocycles. The zero-order valence-corrected chi connectivity index (χ0v) is 45.8. The van der Waals surface area contributed by atoms with Gasteiger partial charge < -0.3 is 4.90 Å². The molecular formula is C54H6B31N. The fourth-order valence-electron chi connectivity index (χ4n) is 11.5. The van der Waals surface area contributed by atoms with E-state index in [0.29, 0.717) is 0 Å². The van der Waals surface area contributed by atoms with E-state index in [0.717, 1.165) is 0 Å². The lowest BCUT2D eigenvalue weighted by Gasteiger charge is -2.37. The lowest BCUT2D eigenvalue weighted by atomic mass is 9.57. The first-order chi connectivity index (χ1) is 40.1. The lowest BCUT2D eigenvalue weighted by Crippen LogP contribution is -2.51. The quantitative estimate of drug-likeness (QED) is 0.144. The molecule has 0 heterocycles. The van der Waals surface area contributed by atoms with Crippen molar-refractivity contribution in [3.8, 4) is 44.5 Å². The Morgan fingerprint density at radius 3 is 0.744 bits per heavy atom. The predicted octanol–water partition coefficient (Wildman–Crippen LogP) is -22.1. The van der Waals surface area contributed by atoms with Gasteiger partial charge in [0.25, 0.3) is 0 Å². The van der Waals surface area contributed by atoms with Crippen LogP contribution in [0.15, 0.2) is 36.4 Å². The van der Waals surface area contributed by atoms with Crippen LogP contribution in [-0.4, -0.2) is 243 Å². The van der Waals surface area contributed by atoms with Crippen LogP contribution in [-0.2, 0) is 0 Å². The SMILES string of the molecule is [B]c1cc2c(-c3c([B])cc(N(c4cc([B])c(-c5c([B])c([B])c(-c6c([B])c([B])c([B])c7c([B])c([B])c([B])cc67)c([B])c5[B])c([B])c4)c4c([B])c([B])c(-c5c([B])c([B])c([B])c6c([B])c([B])c([B])cc56)c([B])c4[B])c([B])c3[B])c([B])c([B])c([B])c2c([B])c1[B]. The van der Waals surface area contributed by atoms with Gasteiger partial charge in [-0.15, -0.1) is 49.2 Å². The predicted molar refractivity (Wildman–Crippen MR) is 402 cm³/mol. The van der Waals surface area contributed by atoms with Crippen LogP contribution in [0.2, 0.25) is 0 Å². The molecule has 0 aromatic heterocycles. The van der Waals surface area contributed by atoms with Crippen LogP contribution in [0.1, 0.15) is 0 Å². The van der Waals surface area contributed by atoms with Crippen molar-refractivity contribution < 1.29 is 0 Å². The molecule has 0 amide bonds. The van der Waals surface area contributed by atoms with Gasteiger partial charge in [-0.3, -0.25) is 0 Å². The van der Waals surface area contributed by atoms with Gasteiger partial charge in [-0.25, -0.2) is 0 Å². The van der Waals surface area contributed by atoms with Crippen molar-refractivity contribution in [2.24, 2.45) is 0 Å². The molecule has 0 aliphatic carbocycles. The summed E-state index contributed by atoms with van der Waals surface area (Å²) < 4.78 is 0. The maximum Gasteiger partial charge on any atom is 0.115 e. The smallest absolute Gasteiger partial charge is 0.115 e. The van der Waals surface area contributed by atoms with Crippen molar-refractivity contribution in [3.63, 3.8) is 0 Å². The maximum absolute atomic E-state index is 7.22. The molecule has 10 aromatic rings. The van der Waals surface area contributed by atoms with Crippen molar-refractivity contribution in [2.75, 3.05) is 4.90 Å². The van der Waals surface area contributed by atoms with Gasteiger partial charge in [0.1, 0.15) is 243 Å². The second-order valence-electron chi connectivity index (χ2n) is 20.8. The maximum atomic E-state index is 7.22. The average molecular weight is 1000 g/mol. The molecule has 62 radical (unpaired) electrons. The van der Waals surface area contributed by atoms with Gasteiger partial charge in [-0.1, -0.05) is 138 Å². The number of nitrogens with zero attached hydrogens (tertiary/aromatic N) is 1. The van der Waals surface area contributed by atoms with Crippen molar-refractivity contribution in [1.29, 1.82) is 0 Å². The molecule has 0 aliphatic rings. The van der Waals surface area contributed by atoms with Gasteiger partial charge in [0.15, 0.2) is 0 Å². The van der Waals surface area contributed by atoms with E-state index >= 15 is 0 Å². The summed E-state index contributed by atoms with van der Waals surface area (Å²) in [5.74, 6) is 0. The van der Waals surface area contributed by atoms with Crippen LogP contribution in [0.4, 0.5) is 17.1 Å². The molecule has 32 heteroatoms. The summed E-state index contributed by atoms with van der Waals surface area (Å²) in [6, 6.07) is 8.71. The summed E-state index contributed by atoms with van der Waals surface area (Å²) in [7, 11) is 209. The summed E-state index contributed by atoms with van der Waals surface area (Å²) in [6.07, 6.45) is 0. The minimum absolute atomic E-state index is 0.00590. The van der Waals surface area contributed by atoms with E-state index in [1.807, 2.05) is 0 Å². The van der Waals surface area contributed by atoms with E-state index in [2.05, 4.69) is 0 Å². The number of hydrogen-bond donors (Lipinski definition) is 0. The second-order valence-corrected chi connectivity index (χ2v) is 20.8. The molecule has 1 nitrogen and oxygen atoms in total. The van der Waals surface area contributed by atoms with E-state index < -0.39 is 0 Å². The van der Waals surface area contributed by atoms with E-state index in [1.54, 1.807) is 0 Å². The van der Waals surface area contributed by atoms with E-state index in [4.69, 9.17) is 243 Å². The number of rotatable bonds is 7. The fourth-order valence-corrected chi connectivity index (χ4v) is 11.5. The molecule has 0 fully saturated rings. The number of anilines is 3. The van der Waals surface area contributed by atoms with Crippen molar-refractivity contribution in [1.82, 2.24) is 0 Å². The molecule has 0 saturated carbocycles. The minimum Gasteiger partial charge on any atom is -0.312 e. The second kappa shape index (κ2) is 22.7. The first-order valence-electron chi connectivity index (χ1n) is 25.3. The highest BCUT2D eigenvalue weighted by atomic mass is 15.1. The molecule has 0 spiro atoms. The summed E-state index contributed by atoms with van der Waals surface area (Å²) >= 11 is 0. The molecule has 10 rings (SSSR count). The first-order valence-corrected chi connectivity index (χ1v) is 25.3. The van der Waals surface area contributed by atoms with Crippen molar-refractivity contribution >= 4 is 462 Å². The molecule has 10 aromatic carbocycles. The van der Waals surface area contributed by atoms with Gasteiger partial charge >= 0.3 is 0 Å². The molecule has 86 heavy (non-hydrogen) atoms. The number of fused-ring (bicyclic) bond motifs is 3. The zero-order valence-electron chi connectivity index (χ0n) is 45.8. The van der Waals surface area contributed by atoms with Gasteiger partial charge in [0.05, 0.1) is 0 Å². The first kappa shape index (κ1) is 63.8. The third kappa shape index (κ3) is 9.27. The van der Waals surface area contributed by atoms with Crippen molar-refractivity contribution in [3.05, 3.63) is 36.4 Å². The Bertz CT molecular complexity index is 4680. The molecule has 320 valence electrons. The summed E-state index contributed by atoms with van der Waals surface area (Å²) in [6.45, 7) is 0. The Labute approximate surface area is 543 Å². The standard InChI is InChI=1S/C54H6B31N/c55-11-1-7(2-12(56)24(11)28-45(77)43(75)26(44(76)46(28)78)19-9-4-15(59)30(62)37(69)22(9)40(72)50(82)34(19)66)86(17-6-13(57)25(42(74)32(17)64)18-8-3-14(58)29(61)36(68)21(8)39(71)49(81)33(18)65)54-52(84)47(79)27(48(80)53(54)85)20-10-5-16(60)31(63)38(70)23(10)41(73)51(83)35(20)67/h1-6H. The normalized spacial score (nSPS) is 11.5. The Hall–Kier alpha value is -5.21. The monoisotopic (exact) mass is 1010 g/mol. The number of benzene rings is 10. The molecule has 0 bridgehead atoms. The highest BCUT2D eigenvalue weighted by Gasteiger charge is 2.30. The highest BCUT2D eigenvalue weighted by molar-refractivity contribution is 6.74. The zero-order chi connectivity index (χ0) is 63.5. The van der Waals surface area contributed by atoms with E-state index in [1.165, 1.54) is 41.3 Å². The van der Waals surface area contributed by atoms with E-state index in [-0.39, 0.29) is 263 Å². The van der Waals surface area contributed by atoms with Crippen LogP contribution in [0.3, 0.4) is 0 Å². The summed E-state index contributed by atoms with van der Waals surface area (Å²) in [5, 5.41) is 1.38. The Morgan fingerprint density at radius 1 is 0.174 bits per heavy atom. The van der Waals surface area contributed by atoms with Crippen LogP contribution in [0.25, 0.3) is 76.8 Å². The fraction of sp³-hybridized carbons (Fsp3) is 0. The van der Waals surface area contributed by atoms with Crippen LogP contribution in [0, 0.1) is 0 Å². The number of hydrogen-bond acceptors (Lipinski definition) is 1. The minimum atomic E-state index is -0.260. The Morgan fingerprint density at radius 2 is 0.419 bits per heavy atom. The van der Waals surface area contributed by atoms with Gasteiger partial charge in [0, 0.05) is 17.1 Å². The molecule has 0 unspecified atom stereocenters. The molecule has 0 atom stereocenters. The third-order valence-electron chi connectivity index (χ3n) is 16.1. The van der Waals surface area contributed by atoms with Crippen molar-refractivity contribution in [2.45, 2.75) is 0 Å². The molecule has 0 saturated heterocycles. The highest BCUT2D eigenvalue weighted by Crippen LogP contribution is 2.33.